The maximum atomic E-state index is 6.09. The highest BCUT2D eigenvalue weighted by atomic mass is 35.5. The molecule has 0 radical (unpaired) electrons. The van der Waals surface area contributed by atoms with Crippen LogP contribution in [0.15, 0.2) is 30.6 Å². The van der Waals surface area contributed by atoms with Crippen LogP contribution in [-0.4, -0.2) is 17.0 Å². The van der Waals surface area contributed by atoms with E-state index in [4.69, 9.17) is 11.6 Å². The number of nitrogens with zero attached hydrogens (tertiary/aromatic N) is 1. The van der Waals surface area contributed by atoms with Gasteiger partial charge in [0, 0.05) is 29.0 Å². The number of nitrogens with one attached hydrogen (secondary N) is 2. The fourth-order valence-electron chi connectivity index (χ4n) is 2.01. The summed E-state index contributed by atoms with van der Waals surface area (Å²) in [6.45, 7) is 0. The molecule has 2 N–H and O–H groups in total. The lowest BCUT2D eigenvalue weighted by atomic mass is 10.1. The predicted octanol–water partition coefficient (Wildman–Crippen LogP) is 3.41. The normalized spacial score (nSPS) is 11.1. The number of aromatic amines is 1. The summed E-state index contributed by atoms with van der Waals surface area (Å²) in [5, 5.41) is 6.13. The Morgan fingerprint density at radius 3 is 3.00 bits per heavy atom. The van der Waals surface area contributed by atoms with E-state index >= 15 is 0 Å². The van der Waals surface area contributed by atoms with Crippen LogP contribution in [-0.2, 0) is 0 Å². The Morgan fingerprint density at radius 1 is 1.31 bits per heavy atom. The van der Waals surface area contributed by atoms with Crippen molar-refractivity contribution in [2.45, 2.75) is 0 Å². The molecule has 0 fully saturated rings. The molecule has 0 saturated carbocycles. The van der Waals surface area contributed by atoms with Gasteiger partial charge in [-0.05, 0) is 18.2 Å². The predicted molar refractivity (Wildman–Crippen MR) is 68.2 cm³/mol. The molecule has 0 bridgehead atoms. The molecule has 16 heavy (non-hydrogen) atoms. The molecule has 3 rings (SSSR count). The van der Waals surface area contributed by atoms with Crippen molar-refractivity contribution in [3.05, 3.63) is 35.6 Å². The van der Waals surface area contributed by atoms with Gasteiger partial charge in [0.05, 0.1) is 22.9 Å². The summed E-state index contributed by atoms with van der Waals surface area (Å²) in [6.07, 6.45) is 3.61. The highest BCUT2D eigenvalue weighted by Gasteiger charge is 2.08. The average molecular weight is 232 g/mol. The average Bonchev–Trinajstić information content (AvgIpc) is 2.67. The van der Waals surface area contributed by atoms with Crippen LogP contribution < -0.4 is 5.32 Å². The first-order valence-corrected chi connectivity index (χ1v) is 5.40. The number of hydrogen-bond acceptors (Lipinski definition) is 2. The second-order valence-electron chi connectivity index (χ2n) is 3.67. The topological polar surface area (TPSA) is 40.7 Å². The van der Waals surface area contributed by atoms with Crippen LogP contribution in [0, 0.1) is 0 Å². The molecule has 0 aliphatic rings. The molecule has 0 unspecified atom stereocenters. The minimum atomic E-state index is 0.731. The maximum Gasteiger partial charge on any atom is 0.0701 e. The quantitative estimate of drug-likeness (QED) is 0.674. The highest BCUT2D eigenvalue weighted by molar-refractivity contribution is 6.32. The van der Waals surface area contributed by atoms with E-state index in [2.05, 4.69) is 15.3 Å². The van der Waals surface area contributed by atoms with Crippen molar-refractivity contribution in [2.75, 3.05) is 12.4 Å². The second kappa shape index (κ2) is 3.39. The van der Waals surface area contributed by atoms with E-state index in [1.54, 1.807) is 6.20 Å². The van der Waals surface area contributed by atoms with Gasteiger partial charge in [0.2, 0.25) is 0 Å². The van der Waals surface area contributed by atoms with E-state index in [0.717, 1.165) is 32.5 Å². The Bertz CT molecular complexity index is 672. The zero-order valence-corrected chi connectivity index (χ0v) is 9.47. The first-order valence-electron chi connectivity index (χ1n) is 5.02. The van der Waals surface area contributed by atoms with Crippen LogP contribution in [0.3, 0.4) is 0 Å². The van der Waals surface area contributed by atoms with E-state index in [0.29, 0.717) is 0 Å². The number of anilines is 1. The van der Waals surface area contributed by atoms with Crippen molar-refractivity contribution in [2.24, 2.45) is 0 Å². The lowest BCUT2D eigenvalue weighted by Crippen LogP contribution is -1.88. The van der Waals surface area contributed by atoms with Gasteiger partial charge >= 0.3 is 0 Å². The molecule has 2 aromatic heterocycles. The van der Waals surface area contributed by atoms with Crippen molar-refractivity contribution < 1.29 is 0 Å². The highest BCUT2D eigenvalue weighted by Crippen LogP contribution is 2.32. The summed E-state index contributed by atoms with van der Waals surface area (Å²) in [4.78, 5) is 7.44. The summed E-state index contributed by atoms with van der Waals surface area (Å²) in [5.41, 5.74) is 3.09. The van der Waals surface area contributed by atoms with Crippen molar-refractivity contribution in [1.82, 2.24) is 9.97 Å². The molecule has 0 spiro atoms. The van der Waals surface area contributed by atoms with E-state index in [9.17, 15) is 0 Å². The number of aromatic nitrogens is 2. The van der Waals surface area contributed by atoms with Crippen molar-refractivity contribution in [3.8, 4) is 0 Å². The minimum Gasteiger partial charge on any atom is -0.386 e. The zero-order valence-electron chi connectivity index (χ0n) is 8.71. The number of pyridine rings is 1. The second-order valence-corrected chi connectivity index (χ2v) is 4.11. The molecule has 80 valence electrons. The van der Waals surface area contributed by atoms with E-state index in [1.807, 2.05) is 31.4 Å². The van der Waals surface area contributed by atoms with Gasteiger partial charge in [-0.2, -0.15) is 0 Å². The summed E-state index contributed by atoms with van der Waals surface area (Å²) < 4.78 is 0. The fourth-order valence-corrected chi connectivity index (χ4v) is 2.23. The maximum absolute atomic E-state index is 6.09. The molecular weight excluding hydrogens is 222 g/mol. The van der Waals surface area contributed by atoms with Gasteiger partial charge in [-0.1, -0.05) is 11.6 Å². The molecular formula is C12H10ClN3. The number of H-pyrrole nitrogens is 1. The standard InChI is InChI=1S/C12H10ClN3/c1-14-10-5-7(13)4-9-8-2-3-15-6-11(8)16-12(9)10/h2-6,14,16H,1H3. The number of hydrogen-bond donors (Lipinski definition) is 2. The fraction of sp³-hybridized carbons (Fsp3) is 0.0833. The van der Waals surface area contributed by atoms with Gasteiger partial charge in [0.1, 0.15) is 0 Å². The van der Waals surface area contributed by atoms with Crippen molar-refractivity contribution in [1.29, 1.82) is 0 Å². The number of fused-ring (bicyclic) bond motifs is 3. The molecule has 1 aromatic carbocycles. The lowest BCUT2D eigenvalue weighted by molar-refractivity contribution is 1.35. The number of benzene rings is 1. The Kier molecular flexibility index (Phi) is 2.01. The third kappa shape index (κ3) is 1.25. The summed E-state index contributed by atoms with van der Waals surface area (Å²) >= 11 is 6.09. The molecule has 0 atom stereocenters. The molecule has 3 aromatic rings. The van der Waals surface area contributed by atoms with E-state index in [-0.39, 0.29) is 0 Å². The van der Waals surface area contributed by atoms with Gasteiger partial charge in [-0.3, -0.25) is 4.98 Å². The third-order valence-electron chi connectivity index (χ3n) is 2.74. The monoisotopic (exact) mass is 231 g/mol. The first kappa shape index (κ1) is 9.48. The van der Waals surface area contributed by atoms with Gasteiger partial charge in [0.25, 0.3) is 0 Å². The van der Waals surface area contributed by atoms with Crippen LogP contribution in [0.1, 0.15) is 0 Å². The van der Waals surface area contributed by atoms with Gasteiger partial charge in [-0.25, -0.2) is 0 Å². The van der Waals surface area contributed by atoms with Crippen LogP contribution >= 0.6 is 11.6 Å². The van der Waals surface area contributed by atoms with E-state index in [1.165, 1.54) is 0 Å². The molecule has 0 aliphatic heterocycles. The Labute approximate surface area is 97.4 Å². The van der Waals surface area contributed by atoms with Gasteiger partial charge in [0.15, 0.2) is 0 Å². The molecule has 4 heteroatoms. The van der Waals surface area contributed by atoms with Crippen LogP contribution in [0.4, 0.5) is 5.69 Å². The first-order chi connectivity index (χ1) is 7.79. The Hall–Kier alpha value is -1.74. The van der Waals surface area contributed by atoms with Gasteiger partial charge < -0.3 is 10.3 Å². The van der Waals surface area contributed by atoms with Crippen LogP contribution in [0.25, 0.3) is 21.8 Å². The lowest BCUT2D eigenvalue weighted by Gasteiger charge is -2.02. The van der Waals surface area contributed by atoms with Gasteiger partial charge in [-0.15, -0.1) is 0 Å². The molecule has 0 aliphatic carbocycles. The molecule has 3 nitrogen and oxygen atoms in total. The largest absolute Gasteiger partial charge is 0.386 e. The number of halogens is 1. The SMILES string of the molecule is CNc1cc(Cl)cc2c1[nH]c1cnccc12. The molecule has 0 amide bonds. The van der Waals surface area contributed by atoms with Crippen molar-refractivity contribution in [3.63, 3.8) is 0 Å². The molecule has 2 heterocycles. The van der Waals surface area contributed by atoms with Crippen LogP contribution in [0.2, 0.25) is 5.02 Å². The minimum absolute atomic E-state index is 0.731. The third-order valence-corrected chi connectivity index (χ3v) is 2.96. The van der Waals surface area contributed by atoms with E-state index < -0.39 is 0 Å². The zero-order chi connectivity index (χ0) is 11.1. The Morgan fingerprint density at radius 2 is 2.19 bits per heavy atom. The Balaban J connectivity index is 2.54. The summed E-state index contributed by atoms with van der Waals surface area (Å²) in [7, 11) is 1.88. The van der Waals surface area contributed by atoms with Crippen molar-refractivity contribution >= 4 is 39.1 Å². The molecule has 0 saturated heterocycles. The summed E-state index contributed by atoms with van der Waals surface area (Å²) in [5.74, 6) is 0. The number of rotatable bonds is 1. The smallest absolute Gasteiger partial charge is 0.0701 e. The van der Waals surface area contributed by atoms with Crippen LogP contribution in [0.5, 0.6) is 0 Å². The summed E-state index contributed by atoms with van der Waals surface area (Å²) in [6, 6.07) is 5.87.